The number of epoxide rings is 1. The Morgan fingerprint density at radius 3 is 1.74 bits per heavy atom. The number of rotatable bonds is 2. The summed E-state index contributed by atoms with van der Waals surface area (Å²) in [5, 5.41) is 8.03. The molecule has 1 unspecified atom stereocenters. The fourth-order valence-corrected chi connectivity index (χ4v) is 1.73. The first kappa shape index (κ1) is 17.7. The number of hydrogen-bond acceptors (Lipinski definition) is 4. The molecule has 1 rings (SSSR count). The molecule has 1 heterocycles. The highest BCUT2D eigenvalue weighted by Gasteiger charge is 2.64. The van der Waals surface area contributed by atoms with Crippen LogP contribution in [0.4, 0.5) is 4.79 Å². The summed E-state index contributed by atoms with van der Waals surface area (Å²) in [6.07, 6.45) is 0.635. The van der Waals surface area contributed by atoms with Gasteiger partial charge in [0.25, 0.3) is 0 Å². The number of carbonyl (C=O) groups is 2. The summed E-state index contributed by atoms with van der Waals surface area (Å²) in [5.74, 6) is -0.0214. The van der Waals surface area contributed by atoms with E-state index in [0.29, 0.717) is 0 Å². The van der Waals surface area contributed by atoms with E-state index in [2.05, 4.69) is 11.7 Å². The molecule has 0 saturated carbocycles. The molecule has 0 aliphatic carbocycles. The van der Waals surface area contributed by atoms with E-state index in [1.807, 2.05) is 20.8 Å². The molecule has 0 aromatic rings. The zero-order valence-electron chi connectivity index (χ0n) is 13.0. The molecule has 112 valence electrons. The molecule has 0 spiro atoms. The van der Waals surface area contributed by atoms with Gasteiger partial charge in [0.2, 0.25) is 5.60 Å². The highest BCUT2D eigenvalue weighted by Crippen LogP contribution is 2.48. The third-order valence-corrected chi connectivity index (χ3v) is 2.76. The summed E-state index contributed by atoms with van der Waals surface area (Å²) in [6.45, 7) is 13.3. The molecule has 0 bridgehead atoms. The van der Waals surface area contributed by atoms with Gasteiger partial charge in [-0.25, -0.2) is 9.59 Å². The molecular formula is C14H26O5. The Labute approximate surface area is 115 Å². The van der Waals surface area contributed by atoms with Gasteiger partial charge in [-0.1, -0.05) is 34.1 Å². The second-order valence-corrected chi connectivity index (χ2v) is 6.70. The summed E-state index contributed by atoms with van der Waals surface area (Å²) in [7, 11) is 0. The first-order valence-corrected chi connectivity index (χ1v) is 6.51. The number of carboxylic acid groups (broad SMARTS) is 1. The van der Waals surface area contributed by atoms with Crippen molar-refractivity contribution in [2.45, 2.75) is 72.5 Å². The Kier molecular flexibility index (Phi) is 5.42. The molecular weight excluding hydrogens is 248 g/mol. The van der Waals surface area contributed by atoms with Gasteiger partial charge in [0.05, 0.1) is 0 Å². The zero-order valence-corrected chi connectivity index (χ0v) is 13.0. The van der Waals surface area contributed by atoms with Crippen molar-refractivity contribution in [1.82, 2.24) is 0 Å². The van der Waals surface area contributed by atoms with E-state index in [4.69, 9.17) is 9.84 Å². The maximum absolute atomic E-state index is 11.0. The molecule has 5 nitrogen and oxygen atoms in total. The Hall–Kier alpha value is -1.26. The predicted octanol–water partition coefficient (Wildman–Crippen LogP) is 3.61. The van der Waals surface area contributed by atoms with Crippen LogP contribution in [0.25, 0.3) is 0 Å². The molecule has 1 N–H and O–H groups in total. The van der Waals surface area contributed by atoms with Gasteiger partial charge in [-0.15, -0.1) is 0 Å². The molecule has 1 fully saturated rings. The smallest absolute Gasteiger partial charge is 0.450 e. The fourth-order valence-electron chi connectivity index (χ4n) is 1.73. The van der Waals surface area contributed by atoms with Crippen LogP contribution in [-0.4, -0.2) is 28.4 Å². The molecule has 0 aromatic heterocycles. The van der Waals surface area contributed by atoms with Gasteiger partial charge >= 0.3 is 12.1 Å². The van der Waals surface area contributed by atoms with E-state index in [-0.39, 0.29) is 11.4 Å². The van der Waals surface area contributed by atoms with E-state index in [0.717, 1.165) is 12.8 Å². The average Bonchev–Trinajstić information content (AvgIpc) is 2.73. The van der Waals surface area contributed by atoms with Crippen LogP contribution < -0.4 is 0 Å². The third-order valence-electron chi connectivity index (χ3n) is 2.76. The van der Waals surface area contributed by atoms with Crippen molar-refractivity contribution in [3.63, 3.8) is 0 Å². The highest BCUT2D eigenvalue weighted by atomic mass is 16.7. The molecule has 5 heteroatoms. The topological polar surface area (TPSA) is 76.1 Å². The van der Waals surface area contributed by atoms with Crippen molar-refractivity contribution in [3.8, 4) is 0 Å². The largest absolute Gasteiger partial charge is 0.506 e. The Morgan fingerprint density at radius 1 is 1.26 bits per heavy atom. The Bertz CT molecular complexity index is 335. The lowest BCUT2D eigenvalue weighted by atomic mass is 9.78. The van der Waals surface area contributed by atoms with E-state index < -0.39 is 17.4 Å². The first-order valence-electron chi connectivity index (χ1n) is 6.51. The maximum Gasteiger partial charge on any atom is 0.506 e. The minimum absolute atomic E-state index is 0.0214. The van der Waals surface area contributed by atoms with E-state index >= 15 is 0 Å². The molecule has 0 aromatic carbocycles. The first-order chi connectivity index (χ1) is 8.35. The minimum atomic E-state index is -1.22. The van der Waals surface area contributed by atoms with Gasteiger partial charge in [0.15, 0.2) is 0 Å². The van der Waals surface area contributed by atoms with Crippen LogP contribution >= 0.6 is 0 Å². The van der Waals surface area contributed by atoms with Crippen LogP contribution in [0.1, 0.15) is 61.3 Å². The average molecular weight is 274 g/mol. The van der Waals surface area contributed by atoms with Crippen molar-refractivity contribution in [3.05, 3.63) is 0 Å². The monoisotopic (exact) mass is 274 g/mol. The van der Waals surface area contributed by atoms with Gasteiger partial charge in [0, 0.05) is 5.41 Å². The minimum Gasteiger partial charge on any atom is -0.450 e. The molecule has 0 amide bonds. The quantitative estimate of drug-likeness (QED) is 0.615. The van der Waals surface area contributed by atoms with Crippen molar-refractivity contribution >= 4 is 12.1 Å². The Balaban J connectivity index is 0.000000362. The molecule has 0 radical (unpaired) electrons. The van der Waals surface area contributed by atoms with Crippen LogP contribution in [0.5, 0.6) is 0 Å². The van der Waals surface area contributed by atoms with Crippen molar-refractivity contribution < 1.29 is 24.2 Å². The van der Waals surface area contributed by atoms with Gasteiger partial charge in [-0.2, -0.15) is 0 Å². The van der Waals surface area contributed by atoms with Gasteiger partial charge in [0.1, 0.15) is 5.60 Å². The molecule has 1 aliphatic heterocycles. The van der Waals surface area contributed by atoms with E-state index in [9.17, 15) is 9.59 Å². The second kappa shape index (κ2) is 5.80. The summed E-state index contributed by atoms with van der Waals surface area (Å²) >= 11 is 0. The number of ether oxygens (including phenoxy) is 2. The fraction of sp³-hybridized carbons (Fsp3) is 0.857. The molecule has 1 aliphatic rings. The van der Waals surface area contributed by atoms with E-state index in [1.54, 1.807) is 20.8 Å². The van der Waals surface area contributed by atoms with Crippen molar-refractivity contribution in [2.75, 3.05) is 0 Å². The Morgan fingerprint density at radius 2 is 1.68 bits per heavy atom. The summed E-state index contributed by atoms with van der Waals surface area (Å²) < 4.78 is 9.42. The third kappa shape index (κ3) is 5.49. The summed E-state index contributed by atoms with van der Waals surface area (Å²) in [6, 6.07) is 0. The highest BCUT2D eigenvalue weighted by molar-refractivity contribution is 5.93. The number of cyclic esters (lactones) is 1. The van der Waals surface area contributed by atoms with Crippen molar-refractivity contribution in [2.24, 2.45) is 5.41 Å². The molecule has 1 atom stereocenters. The zero-order chi connectivity index (χ0) is 15.5. The predicted molar refractivity (Wildman–Crippen MR) is 72.0 cm³/mol. The van der Waals surface area contributed by atoms with Crippen LogP contribution in [0.2, 0.25) is 0 Å². The standard InChI is InChI=1S/C9H16O2.C5H10O3/c1-5-6-9(7(10)11-9)8(2,3)4;1-5(2,3)8-4(6)7/h5-6H2,1-4H3;1-3H3,(H,6,7). The lowest BCUT2D eigenvalue weighted by molar-refractivity contribution is -0.117. The lowest BCUT2D eigenvalue weighted by Crippen LogP contribution is -2.31. The van der Waals surface area contributed by atoms with Crippen LogP contribution in [-0.2, 0) is 14.3 Å². The maximum atomic E-state index is 11.0. The van der Waals surface area contributed by atoms with Crippen LogP contribution in [0.15, 0.2) is 0 Å². The molecule has 1 saturated heterocycles. The SMILES string of the molecule is CC(C)(C)OC(=O)O.CCCC1(C(C)(C)C)OC1=O. The lowest BCUT2D eigenvalue weighted by Gasteiger charge is -2.23. The molecule has 19 heavy (non-hydrogen) atoms. The van der Waals surface area contributed by atoms with Crippen LogP contribution in [0.3, 0.4) is 0 Å². The van der Waals surface area contributed by atoms with Crippen molar-refractivity contribution in [1.29, 1.82) is 0 Å². The second-order valence-electron chi connectivity index (χ2n) is 6.70. The number of hydrogen-bond donors (Lipinski definition) is 1. The van der Waals surface area contributed by atoms with Gasteiger partial charge in [-0.3, -0.25) is 0 Å². The van der Waals surface area contributed by atoms with Crippen LogP contribution in [0, 0.1) is 5.41 Å². The van der Waals surface area contributed by atoms with E-state index in [1.165, 1.54) is 0 Å². The summed E-state index contributed by atoms with van der Waals surface area (Å²) in [4.78, 5) is 20.8. The normalized spacial score (nSPS) is 21.9. The summed E-state index contributed by atoms with van der Waals surface area (Å²) in [5.41, 5.74) is -1.06. The van der Waals surface area contributed by atoms with Gasteiger partial charge < -0.3 is 14.6 Å². The van der Waals surface area contributed by atoms with Gasteiger partial charge in [-0.05, 0) is 27.2 Å². The number of carbonyl (C=O) groups excluding carboxylic acids is 1.